The first-order valence-electron chi connectivity index (χ1n) is 7.27. The summed E-state index contributed by atoms with van der Waals surface area (Å²) < 4.78 is 5.32. The molecule has 0 aliphatic heterocycles. The van der Waals surface area contributed by atoms with Gasteiger partial charge in [-0.25, -0.2) is 0 Å². The number of benzene rings is 2. The Labute approximate surface area is 132 Å². The topological polar surface area (TPSA) is 81.0 Å². The molecule has 0 spiro atoms. The first-order chi connectivity index (χ1) is 11.1. The fourth-order valence-electron chi connectivity index (χ4n) is 3.19. The van der Waals surface area contributed by atoms with E-state index in [0.29, 0.717) is 5.69 Å². The molecule has 0 atom stereocenters. The molecule has 3 N–H and O–H groups in total. The van der Waals surface area contributed by atoms with E-state index in [2.05, 4.69) is 9.97 Å². The minimum atomic E-state index is -0.522. The van der Waals surface area contributed by atoms with Crippen LogP contribution in [0.25, 0.3) is 32.6 Å². The van der Waals surface area contributed by atoms with E-state index in [1.54, 1.807) is 13.3 Å². The number of pyridine rings is 1. The molecule has 0 saturated carbocycles. The largest absolute Gasteiger partial charge is 0.497 e. The summed E-state index contributed by atoms with van der Waals surface area (Å²) in [5.74, 6) is 0.268. The normalized spacial score (nSPS) is 11.4. The lowest BCUT2D eigenvalue weighted by atomic mass is 10.00. The SMILES string of the molecule is COc1ccc2[nH]c3c(C)c4ccnc(C(N)=O)c4cc3c2c1. The number of aryl methyl sites for hydroxylation is 1. The lowest BCUT2D eigenvalue weighted by molar-refractivity contribution is 0.0997. The van der Waals surface area contributed by atoms with Crippen molar-refractivity contribution in [3.8, 4) is 5.75 Å². The van der Waals surface area contributed by atoms with Crippen molar-refractivity contribution in [2.45, 2.75) is 6.92 Å². The Morgan fingerprint density at radius 3 is 2.70 bits per heavy atom. The van der Waals surface area contributed by atoms with Gasteiger partial charge in [-0.2, -0.15) is 0 Å². The van der Waals surface area contributed by atoms with Gasteiger partial charge in [-0.15, -0.1) is 0 Å². The zero-order valence-corrected chi connectivity index (χ0v) is 12.8. The van der Waals surface area contributed by atoms with Crippen LogP contribution in [0.3, 0.4) is 0 Å². The van der Waals surface area contributed by atoms with Crippen LogP contribution in [-0.4, -0.2) is 23.0 Å². The summed E-state index contributed by atoms with van der Waals surface area (Å²) in [6, 6.07) is 9.78. The van der Waals surface area contributed by atoms with E-state index in [1.165, 1.54) is 0 Å². The molecule has 2 aromatic heterocycles. The molecule has 0 bridgehead atoms. The zero-order chi connectivity index (χ0) is 16.1. The number of ether oxygens (including phenoxy) is 1. The van der Waals surface area contributed by atoms with Gasteiger partial charge < -0.3 is 15.5 Å². The molecule has 114 valence electrons. The Kier molecular flexibility index (Phi) is 2.78. The summed E-state index contributed by atoms with van der Waals surface area (Å²) in [4.78, 5) is 19.3. The molecule has 0 aliphatic carbocycles. The van der Waals surface area contributed by atoms with Crippen molar-refractivity contribution in [1.29, 1.82) is 0 Å². The molecule has 5 nitrogen and oxygen atoms in total. The Bertz CT molecular complexity index is 1100. The van der Waals surface area contributed by atoms with Crippen LogP contribution in [0.4, 0.5) is 0 Å². The van der Waals surface area contributed by atoms with Crippen molar-refractivity contribution in [3.05, 3.63) is 47.8 Å². The van der Waals surface area contributed by atoms with Crippen molar-refractivity contribution in [1.82, 2.24) is 9.97 Å². The number of primary amides is 1. The van der Waals surface area contributed by atoms with Crippen molar-refractivity contribution in [3.63, 3.8) is 0 Å². The van der Waals surface area contributed by atoms with E-state index in [0.717, 1.165) is 43.9 Å². The molecule has 0 saturated heterocycles. The molecule has 4 aromatic rings. The molecular formula is C18H15N3O2. The number of rotatable bonds is 2. The number of hydrogen-bond acceptors (Lipinski definition) is 3. The van der Waals surface area contributed by atoms with Crippen LogP contribution in [-0.2, 0) is 0 Å². The third kappa shape index (κ3) is 1.86. The number of H-pyrrole nitrogens is 1. The second kappa shape index (κ2) is 4.71. The van der Waals surface area contributed by atoms with Gasteiger partial charge in [0.2, 0.25) is 0 Å². The molecular weight excluding hydrogens is 290 g/mol. The summed E-state index contributed by atoms with van der Waals surface area (Å²) in [6.45, 7) is 2.03. The predicted molar refractivity (Wildman–Crippen MR) is 90.9 cm³/mol. The van der Waals surface area contributed by atoms with Crippen LogP contribution >= 0.6 is 0 Å². The third-order valence-electron chi connectivity index (χ3n) is 4.34. The number of carbonyl (C=O) groups excluding carboxylic acids is 1. The van der Waals surface area contributed by atoms with Crippen LogP contribution in [0.5, 0.6) is 5.75 Å². The van der Waals surface area contributed by atoms with Crippen LogP contribution in [0.1, 0.15) is 16.1 Å². The third-order valence-corrected chi connectivity index (χ3v) is 4.34. The minimum absolute atomic E-state index is 0.296. The van der Waals surface area contributed by atoms with E-state index >= 15 is 0 Å². The highest BCUT2D eigenvalue weighted by Gasteiger charge is 2.15. The van der Waals surface area contributed by atoms with Gasteiger partial charge in [0.15, 0.2) is 0 Å². The molecule has 2 heterocycles. The van der Waals surface area contributed by atoms with Crippen LogP contribution < -0.4 is 10.5 Å². The van der Waals surface area contributed by atoms with Gasteiger partial charge in [-0.05, 0) is 48.2 Å². The summed E-state index contributed by atoms with van der Waals surface area (Å²) in [5.41, 5.74) is 8.91. The first-order valence-corrected chi connectivity index (χ1v) is 7.27. The number of fused-ring (bicyclic) bond motifs is 4. The van der Waals surface area contributed by atoms with Crippen molar-refractivity contribution >= 4 is 38.5 Å². The van der Waals surface area contributed by atoms with Gasteiger partial charge in [0, 0.05) is 27.9 Å². The smallest absolute Gasteiger partial charge is 0.267 e. The van der Waals surface area contributed by atoms with Gasteiger partial charge >= 0.3 is 0 Å². The fourth-order valence-corrected chi connectivity index (χ4v) is 3.19. The fraction of sp³-hybridized carbons (Fsp3) is 0.111. The monoisotopic (exact) mass is 305 g/mol. The highest BCUT2D eigenvalue weighted by molar-refractivity contribution is 6.17. The first kappa shape index (κ1) is 13.6. The molecule has 23 heavy (non-hydrogen) atoms. The molecule has 2 aromatic carbocycles. The highest BCUT2D eigenvalue weighted by atomic mass is 16.5. The number of aromatic nitrogens is 2. The van der Waals surface area contributed by atoms with Crippen LogP contribution in [0, 0.1) is 6.92 Å². The number of hydrogen-bond donors (Lipinski definition) is 2. The van der Waals surface area contributed by atoms with Crippen molar-refractivity contribution in [2.24, 2.45) is 5.73 Å². The van der Waals surface area contributed by atoms with Gasteiger partial charge in [-0.1, -0.05) is 0 Å². The van der Waals surface area contributed by atoms with Crippen molar-refractivity contribution < 1.29 is 9.53 Å². The number of methoxy groups -OCH3 is 1. The summed E-state index contributed by atoms with van der Waals surface area (Å²) in [5, 5.41) is 3.82. The number of amides is 1. The molecule has 0 aliphatic rings. The standard InChI is InChI=1S/C18H15N3O2/c1-9-11-5-6-20-17(18(19)22)13(11)8-14-12-7-10(23-2)3-4-15(12)21-16(9)14/h3-8,21H,1-2H3,(H2,19,22). The van der Waals surface area contributed by atoms with E-state index in [-0.39, 0.29) is 0 Å². The number of nitrogens with zero attached hydrogens (tertiary/aromatic N) is 1. The number of nitrogens with two attached hydrogens (primary N) is 1. The Hall–Kier alpha value is -3.08. The molecule has 0 radical (unpaired) electrons. The maximum absolute atomic E-state index is 11.7. The van der Waals surface area contributed by atoms with Gasteiger partial charge in [0.05, 0.1) is 12.6 Å². The molecule has 5 heteroatoms. The molecule has 0 unspecified atom stereocenters. The summed E-state index contributed by atoms with van der Waals surface area (Å²) in [6.07, 6.45) is 1.62. The quantitative estimate of drug-likeness (QED) is 0.596. The van der Waals surface area contributed by atoms with E-state index < -0.39 is 5.91 Å². The molecule has 0 fully saturated rings. The lowest BCUT2D eigenvalue weighted by Gasteiger charge is -2.07. The highest BCUT2D eigenvalue weighted by Crippen LogP contribution is 2.35. The number of carbonyl (C=O) groups is 1. The lowest BCUT2D eigenvalue weighted by Crippen LogP contribution is -2.13. The maximum atomic E-state index is 11.7. The Morgan fingerprint density at radius 1 is 1.13 bits per heavy atom. The average Bonchev–Trinajstić information content (AvgIpc) is 2.92. The van der Waals surface area contributed by atoms with E-state index in [9.17, 15) is 4.79 Å². The summed E-state index contributed by atoms with van der Waals surface area (Å²) >= 11 is 0. The van der Waals surface area contributed by atoms with E-state index in [1.807, 2.05) is 37.3 Å². The Balaban J connectivity index is 2.22. The second-order valence-corrected chi connectivity index (χ2v) is 5.58. The second-order valence-electron chi connectivity index (χ2n) is 5.58. The number of nitrogens with one attached hydrogen (secondary N) is 1. The average molecular weight is 305 g/mol. The summed E-state index contributed by atoms with van der Waals surface area (Å²) in [7, 11) is 1.64. The Morgan fingerprint density at radius 2 is 1.96 bits per heavy atom. The minimum Gasteiger partial charge on any atom is -0.497 e. The van der Waals surface area contributed by atoms with Crippen LogP contribution in [0.15, 0.2) is 36.5 Å². The maximum Gasteiger partial charge on any atom is 0.267 e. The van der Waals surface area contributed by atoms with Crippen LogP contribution in [0.2, 0.25) is 0 Å². The van der Waals surface area contributed by atoms with Gasteiger partial charge in [0.1, 0.15) is 11.4 Å². The number of aromatic amines is 1. The molecule has 4 rings (SSSR count). The van der Waals surface area contributed by atoms with Gasteiger partial charge in [0.25, 0.3) is 5.91 Å². The van der Waals surface area contributed by atoms with Crippen molar-refractivity contribution in [2.75, 3.05) is 7.11 Å². The van der Waals surface area contributed by atoms with Gasteiger partial charge in [-0.3, -0.25) is 9.78 Å². The zero-order valence-electron chi connectivity index (χ0n) is 12.8. The van der Waals surface area contributed by atoms with E-state index in [4.69, 9.17) is 10.5 Å². The molecule has 1 amide bonds. The predicted octanol–water partition coefficient (Wildman–Crippen LogP) is 3.29.